The van der Waals surface area contributed by atoms with Crippen molar-refractivity contribution in [3.8, 4) is 5.88 Å². The van der Waals surface area contributed by atoms with Gasteiger partial charge in [-0.05, 0) is 32.6 Å². The second kappa shape index (κ2) is 6.75. The van der Waals surface area contributed by atoms with Crippen LogP contribution >= 0.6 is 0 Å². The molecule has 0 amide bonds. The van der Waals surface area contributed by atoms with E-state index in [1.807, 2.05) is 13.1 Å². The van der Waals surface area contributed by atoms with Gasteiger partial charge in [-0.25, -0.2) is 0 Å². The molecule has 7 heteroatoms. The summed E-state index contributed by atoms with van der Waals surface area (Å²) in [4.78, 5) is 11.2. The number of hydrogen-bond acceptors (Lipinski definition) is 6. The summed E-state index contributed by atoms with van der Waals surface area (Å²) in [5, 5.41) is 9.01. The van der Waals surface area contributed by atoms with Crippen molar-refractivity contribution in [3.63, 3.8) is 0 Å². The van der Waals surface area contributed by atoms with Crippen LogP contribution in [0, 0.1) is 0 Å². The molecule has 0 saturated carbocycles. The number of rotatable bonds is 4. The van der Waals surface area contributed by atoms with Gasteiger partial charge in [0.1, 0.15) is 5.82 Å². The summed E-state index contributed by atoms with van der Waals surface area (Å²) >= 11 is 0. The van der Waals surface area contributed by atoms with Crippen LogP contribution in [0.15, 0.2) is 12.4 Å². The van der Waals surface area contributed by atoms with Crippen molar-refractivity contribution in [1.29, 1.82) is 0 Å². The van der Waals surface area contributed by atoms with Gasteiger partial charge in [-0.3, -0.25) is 4.98 Å². The van der Waals surface area contributed by atoms with Crippen molar-refractivity contribution < 1.29 is 4.74 Å². The zero-order chi connectivity index (χ0) is 16.4. The van der Waals surface area contributed by atoms with E-state index in [0.717, 1.165) is 49.8 Å². The summed E-state index contributed by atoms with van der Waals surface area (Å²) in [5.41, 5.74) is 0. The number of nitrogens with zero attached hydrogens (tertiary/aromatic N) is 6. The molecule has 0 N–H and O–H groups in total. The molecule has 0 aliphatic carbocycles. The van der Waals surface area contributed by atoms with E-state index in [2.05, 4.69) is 29.6 Å². The summed E-state index contributed by atoms with van der Waals surface area (Å²) in [5.74, 6) is 3.69. The van der Waals surface area contributed by atoms with E-state index in [9.17, 15) is 0 Å². The summed E-state index contributed by atoms with van der Waals surface area (Å²) in [7, 11) is 0. The molecule has 2 aliphatic rings. The lowest BCUT2D eigenvalue weighted by atomic mass is 10.2. The van der Waals surface area contributed by atoms with E-state index >= 15 is 0 Å². The highest BCUT2D eigenvalue weighted by Crippen LogP contribution is 2.35. The fraction of sp³-hybridized carbons (Fsp3) is 0.647. The van der Waals surface area contributed by atoms with Crippen LogP contribution in [0.4, 0.5) is 5.82 Å². The van der Waals surface area contributed by atoms with Crippen LogP contribution in [-0.2, 0) is 13.0 Å². The Balaban J connectivity index is 1.64. The molecule has 2 aromatic rings. The van der Waals surface area contributed by atoms with Crippen LogP contribution in [0.3, 0.4) is 0 Å². The predicted octanol–water partition coefficient (Wildman–Crippen LogP) is 2.53. The van der Waals surface area contributed by atoms with Gasteiger partial charge >= 0.3 is 0 Å². The minimum Gasteiger partial charge on any atom is -0.477 e. The van der Waals surface area contributed by atoms with E-state index in [0.29, 0.717) is 12.5 Å². The van der Waals surface area contributed by atoms with Gasteiger partial charge in [-0.15, -0.1) is 10.2 Å². The third-order valence-electron chi connectivity index (χ3n) is 4.88. The first-order valence-electron chi connectivity index (χ1n) is 9.00. The van der Waals surface area contributed by atoms with Crippen molar-refractivity contribution in [2.45, 2.75) is 58.0 Å². The maximum atomic E-state index is 5.51. The molecule has 1 fully saturated rings. The first-order chi connectivity index (χ1) is 11.9. The van der Waals surface area contributed by atoms with Gasteiger partial charge < -0.3 is 14.2 Å². The van der Waals surface area contributed by atoms with Crippen LogP contribution in [0.1, 0.15) is 56.7 Å². The summed E-state index contributed by atoms with van der Waals surface area (Å²) in [6.45, 7) is 4.56. The number of fused-ring (bicyclic) bond motifs is 1. The summed E-state index contributed by atoms with van der Waals surface area (Å²) < 4.78 is 7.85. The van der Waals surface area contributed by atoms with Crippen LogP contribution in [0.2, 0.25) is 0 Å². The predicted molar refractivity (Wildman–Crippen MR) is 90.1 cm³/mol. The molecule has 2 aliphatic heterocycles. The highest BCUT2D eigenvalue weighted by molar-refractivity contribution is 5.41. The van der Waals surface area contributed by atoms with Crippen LogP contribution in [-0.4, -0.2) is 37.9 Å². The van der Waals surface area contributed by atoms with Gasteiger partial charge in [0.2, 0.25) is 5.88 Å². The molecule has 128 valence electrons. The zero-order valence-corrected chi connectivity index (χ0v) is 14.2. The van der Waals surface area contributed by atoms with Crippen LogP contribution in [0.25, 0.3) is 0 Å². The van der Waals surface area contributed by atoms with Crippen LogP contribution in [0.5, 0.6) is 5.88 Å². The summed E-state index contributed by atoms with van der Waals surface area (Å²) in [6.07, 6.45) is 10.4. The minimum atomic E-state index is 0.232. The fourth-order valence-electron chi connectivity index (χ4n) is 3.76. The Labute approximate surface area is 142 Å². The number of aromatic nitrogens is 5. The quantitative estimate of drug-likeness (QED) is 0.859. The molecule has 0 bridgehead atoms. The minimum absolute atomic E-state index is 0.232. The molecule has 7 nitrogen and oxygen atoms in total. The van der Waals surface area contributed by atoms with Crippen molar-refractivity contribution >= 4 is 5.82 Å². The Morgan fingerprint density at radius 1 is 1.12 bits per heavy atom. The Kier molecular flexibility index (Phi) is 4.32. The fourth-order valence-corrected chi connectivity index (χ4v) is 3.76. The maximum Gasteiger partial charge on any atom is 0.234 e. The second-order valence-electron chi connectivity index (χ2n) is 6.44. The highest BCUT2D eigenvalue weighted by atomic mass is 16.5. The average molecular weight is 328 g/mol. The molecule has 0 unspecified atom stereocenters. The third-order valence-corrected chi connectivity index (χ3v) is 4.88. The largest absolute Gasteiger partial charge is 0.477 e. The lowest BCUT2D eigenvalue weighted by molar-refractivity contribution is 0.325. The Morgan fingerprint density at radius 3 is 3.00 bits per heavy atom. The molecule has 4 rings (SSSR count). The van der Waals surface area contributed by atoms with E-state index in [-0.39, 0.29) is 6.04 Å². The lowest BCUT2D eigenvalue weighted by Crippen LogP contribution is -2.26. The van der Waals surface area contributed by atoms with Crippen molar-refractivity contribution in [3.05, 3.63) is 24.0 Å². The van der Waals surface area contributed by atoms with Crippen molar-refractivity contribution in [2.24, 2.45) is 0 Å². The topological polar surface area (TPSA) is 69.0 Å². The standard InChI is InChI=1S/C17H24N6O/c1-2-24-16-12-18-11-15(19-16)22-10-6-7-13(22)17-21-20-14-8-4-3-5-9-23(14)17/h11-13H,2-10H2,1H3/t13-/m1/s1. The molecular formula is C17H24N6O. The second-order valence-corrected chi connectivity index (χ2v) is 6.44. The normalized spacial score (nSPS) is 20.7. The van der Waals surface area contributed by atoms with E-state index in [4.69, 9.17) is 4.74 Å². The van der Waals surface area contributed by atoms with E-state index in [1.54, 1.807) is 6.20 Å². The smallest absolute Gasteiger partial charge is 0.234 e. The molecular weight excluding hydrogens is 304 g/mol. The number of ether oxygens (including phenoxy) is 1. The third kappa shape index (κ3) is 2.83. The molecule has 0 spiro atoms. The molecule has 2 aromatic heterocycles. The molecule has 24 heavy (non-hydrogen) atoms. The summed E-state index contributed by atoms with van der Waals surface area (Å²) in [6, 6.07) is 0.232. The van der Waals surface area contributed by atoms with E-state index in [1.165, 1.54) is 19.3 Å². The number of aryl methyl sites for hydroxylation is 1. The Bertz CT molecular complexity index is 700. The average Bonchev–Trinajstić information content (AvgIpc) is 3.16. The van der Waals surface area contributed by atoms with Gasteiger partial charge in [0.25, 0.3) is 0 Å². The Hall–Kier alpha value is -2.18. The van der Waals surface area contributed by atoms with Gasteiger partial charge in [-0.2, -0.15) is 4.98 Å². The Morgan fingerprint density at radius 2 is 2.08 bits per heavy atom. The molecule has 1 atom stereocenters. The van der Waals surface area contributed by atoms with E-state index < -0.39 is 0 Å². The molecule has 0 aromatic carbocycles. The molecule has 4 heterocycles. The first kappa shape index (κ1) is 15.4. The SMILES string of the molecule is CCOc1cncc(N2CCC[C@@H]2c2nnc3n2CCCCC3)n1. The van der Waals surface area contributed by atoms with Crippen molar-refractivity contribution in [1.82, 2.24) is 24.7 Å². The van der Waals surface area contributed by atoms with Gasteiger partial charge in [0.15, 0.2) is 11.6 Å². The van der Waals surface area contributed by atoms with Crippen LogP contribution < -0.4 is 9.64 Å². The first-order valence-corrected chi connectivity index (χ1v) is 9.00. The monoisotopic (exact) mass is 328 g/mol. The number of hydrogen-bond donors (Lipinski definition) is 0. The van der Waals surface area contributed by atoms with Crippen molar-refractivity contribution in [2.75, 3.05) is 18.1 Å². The number of anilines is 1. The zero-order valence-electron chi connectivity index (χ0n) is 14.2. The van der Waals surface area contributed by atoms with Gasteiger partial charge in [0, 0.05) is 19.5 Å². The lowest BCUT2D eigenvalue weighted by Gasteiger charge is -2.25. The van der Waals surface area contributed by atoms with Gasteiger partial charge in [-0.1, -0.05) is 6.42 Å². The molecule has 1 saturated heterocycles. The highest BCUT2D eigenvalue weighted by Gasteiger charge is 2.32. The molecule has 0 radical (unpaired) electrons. The maximum absolute atomic E-state index is 5.51. The van der Waals surface area contributed by atoms with Gasteiger partial charge in [0.05, 0.1) is 25.0 Å².